The average molecular weight is 400 g/mol. The van der Waals surface area contributed by atoms with E-state index in [1.54, 1.807) is 29.2 Å². The molecule has 3 amide bonds. The molecule has 2 aromatic rings. The van der Waals surface area contributed by atoms with E-state index >= 15 is 0 Å². The summed E-state index contributed by atoms with van der Waals surface area (Å²) < 4.78 is 26.5. The van der Waals surface area contributed by atoms with Crippen LogP contribution in [-0.2, 0) is 4.79 Å². The Morgan fingerprint density at radius 3 is 2.34 bits per heavy atom. The molecule has 0 bridgehead atoms. The van der Waals surface area contributed by atoms with Gasteiger partial charge in [0.15, 0.2) is 0 Å². The molecule has 152 valence electrons. The number of nitrogens with one attached hydrogen (secondary N) is 1. The van der Waals surface area contributed by atoms with E-state index in [4.69, 9.17) is 0 Å². The van der Waals surface area contributed by atoms with E-state index in [1.165, 1.54) is 29.2 Å². The molecule has 6 nitrogen and oxygen atoms in total. The molecule has 0 aromatic heterocycles. The number of rotatable bonds is 3. The number of carbonyl (C=O) groups excluding carboxylic acids is 2. The fourth-order valence-corrected chi connectivity index (χ4v) is 3.78. The summed E-state index contributed by atoms with van der Waals surface area (Å²) in [6, 6.07) is 11.7. The minimum atomic E-state index is -0.401. The van der Waals surface area contributed by atoms with Gasteiger partial charge < -0.3 is 20.0 Å². The number of halogens is 2. The molecule has 2 saturated heterocycles. The Hall–Kier alpha value is -3.16. The van der Waals surface area contributed by atoms with Crippen LogP contribution in [0.4, 0.5) is 25.0 Å². The highest BCUT2D eigenvalue weighted by atomic mass is 19.1. The van der Waals surface area contributed by atoms with Crippen LogP contribution in [-0.4, -0.2) is 55.6 Å². The normalized spacial score (nSPS) is 19.6. The quantitative estimate of drug-likeness (QED) is 0.862. The van der Waals surface area contributed by atoms with Crippen molar-refractivity contribution in [3.8, 4) is 0 Å². The maximum atomic E-state index is 13.4. The van der Waals surface area contributed by atoms with Crippen LogP contribution < -0.4 is 15.1 Å². The van der Waals surface area contributed by atoms with Crippen molar-refractivity contribution in [1.29, 1.82) is 0 Å². The summed E-state index contributed by atoms with van der Waals surface area (Å²) >= 11 is 0. The lowest BCUT2D eigenvalue weighted by molar-refractivity contribution is -0.117. The van der Waals surface area contributed by atoms with Crippen molar-refractivity contribution in [2.24, 2.45) is 0 Å². The molecular weight excluding hydrogens is 378 g/mol. The molecule has 4 rings (SSSR count). The minimum Gasteiger partial charge on any atom is -0.368 e. The Bertz CT molecular complexity index is 898. The molecule has 1 N–H and O–H groups in total. The fourth-order valence-electron chi connectivity index (χ4n) is 3.78. The number of nitrogens with zero attached hydrogens (tertiary/aromatic N) is 3. The van der Waals surface area contributed by atoms with E-state index in [9.17, 15) is 18.4 Å². The standard InChI is InChI=1S/C21H22F2N4O2/c22-15-4-6-18(7-5-15)25-8-10-26(11-9-25)21(29)24-17-13-20(28)27(14-17)19-3-1-2-16(23)12-19/h1-7,12,17H,8-11,13-14H2,(H,24,29)/t17-/m1/s1. The molecule has 0 unspecified atom stereocenters. The summed E-state index contributed by atoms with van der Waals surface area (Å²) in [5, 5.41) is 2.92. The molecule has 1 atom stereocenters. The summed E-state index contributed by atoms with van der Waals surface area (Å²) in [5.74, 6) is -0.811. The third-order valence-corrected chi connectivity index (χ3v) is 5.33. The van der Waals surface area contributed by atoms with E-state index in [1.807, 2.05) is 0 Å². The number of urea groups is 1. The predicted molar refractivity (Wildman–Crippen MR) is 106 cm³/mol. The van der Waals surface area contributed by atoms with Gasteiger partial charge in [-0.05, 0) is 42.5 Å². The minimum absolute atomic E-state index is 0.137. The molecule has 0 spiro atoms. The number of benzene rings is 2. The SMILES string of the molecule is O=C(N[C@@H]1CC(=O)N(c2cccc(F)c2)C1)N1CCN(c2ccc(F)cc2)CC1. The Morgan fingerprint density at radius 2 is 1.66 bits per heavy atom. The first-order valence-electron chi connectivity index (χ1n) is 9.61. The molecule has 29 heavy (non-hydrogen) atoms. The first-order chi connectivity index (χ1) is 14.0. The van der Waals surface area contributed by atoms with Crippen LogP contribution in [0.15, 0.2) is 48.5 Å². The van der Waals surface area contributed by atoms with Gasteiger partial charge in [-0.3, -0.25) is 4.79 Å². The van der Waals surface area contributed by atoms with Crippen molar-refractivity contribution < 1.29 is 18.4 Å². The lowest BCUT2D eigenvalue weighted by Crippen LogP contribution is -2.53. The largest absolute Gasteiger partial charge is 0.368 e. The summed E-state index contributed by atoms with van der Waals surface area (Å²) in [4.78, 5) is 30.2. The first-order valence-corrected chi connectivity index (χ1v) is 9.61. The lowest BCUT2D eigenvalue weighted by Gasteiger charge is -2.36. The maximum absolute atomic E-state index is 13.4. The van der Waals surface area contributed by atoms with Crippen molar-refractivity contribution in [2.75, 3.05) is 42.5 Å². The van der Waals surface area contributed by atoms with Gasteiger partial charge in [0, 0.05) is 50.5 Å². The van der Waals surface area contributed by atoms with Crippen molar-refractivity contribution in [3.63, 3.8) is 0 Å². The molecule has 8 heteroatoms. The topological polar surface area (TPSA) is 55.9 Å². The number of hydrogen-bond donors (Lipinski definition) is 1. The molecule has 2 aromatic carbocycles. The molecule has 0 saturated carbocycles. The Morgan fingerprint density at radius 1 is 0.931 bits per heavy atom. The number of hydrogen-bond acceptors (Lipinski definition) is 3. The molecule has 2 heterocycles. The molecule has 2 aliphatic rings. The molecule has 0 aliphatic carbocycles. The van der Waals surface area contributed by atoms with Gasteiger partial charge in [0.25, 0.3) is 0 Å². The van der Waals surface area contributed by atoms with Crippen LogP contribution in [0.25, 0.3) is 0 Å². The van der Waals surface area contributed by atoms with Crippen LogP contribution >= 0.6 is 0 Å². The highest BCUT2D eigenvalue weighted by Crippen LogP contribution is 2.23. The van der Waals surface area contributed by atoms with Crippen LogP contribution in [0.5, 0.6) is 0 Å². The molecule has 2 aliphatic heterocycles. The zero-order chi connectivity index (χ0) is 20.4. The molecular formula is C21H22F2N4O2. The third-order valence-electron chi connectivity index (χ3n) is 5.33. The van der Waals surface area contributed by atoms with Gasteiger partial charge in [-0.15, -0.1) is 0 Å². The van der Waals surface area contributed by atoms with Gasteiger partial charge in [0.2, 0.25) is 5.91 Å². The van der Waals surface area contributed by atoms with Crippen LogP contribution in [0.2, 0.25) is 0 Å². The van der Waals surface area contributed by atoms with Crippen LogP contribution in [0.3, 0.4) is 0 Å². The Balaban J connectivity index is 1.30. The van der Waals surface area contributed by atoms with Gasteiger partial charge in [0.1, 0.15) is 11.6 Å². The van der Waals surface area contributed by atoms with Gasteiger partial charge >= 0.3 is 6.03 Å². The van der Waals surface area contributed by atoms with Crippen LogP contribution in [0, 0.1) is 11.6 Å². The number of piperazine rings is 1. The second-order valence-corrected chi connectivity index (χ2v) is 7.29. The summed E-state index contributed by atoms with van der Waals surface area (Å²) in [5.41, 5.74) is 1.43. The van der Waals surface area contributed by atoms with E-state index in [-0.39, 0.29) is 30.2 Å². The number of anilines is 2. The average Bonchev–Trinajstić information content (AvgIpc) is 3.09. The third kappa shape index (κ3) is 4.31. The zero-order valence-corrected chi connectivity index (χ0v) is 15.9. The van der Waals surface area contributed by atoms with E-state index in [0.29, 0.717) is 38.4 Å². The van der Waals surface area contributed by atoms with Gasteiger partial charge in [-0.2, -0.15) is 0 Å². The molecule has 2 fully saturated rings. The van der Waals surface area contributed by atoms with E-state index in [0.717, 1.165) is 5.69 Å². The number of amides is 3. The van der Waals surface area contributed by atoms with Crippen molar-refractivity contribution in [2.45, 2.75) is 12.5 Å². The maximum Gasteiger partial charge on any atom is 0.317 e. The van der Waals surface area contributed by atoms with E-state index in [2.05, 4.69) is 10.2 Å². The lowest BCUT2D eigenvalue weighted by atomic mass is 10.2. The van der Waals surface area contributed by atoms with Gasteiger partial charge in [-0.1, -0.05) is 6.07 Å². The number of carbonyl (C=O) groups is 2. The van der Waals surface area contributed by atoms with Crippen molar-refractivity contribution in [3.05, 3.63) is 60.2 Å². The van der Waals surface area contributed by atoms with Gasteiger partial charge in [-0.25, -0.2) is 13.6 Å². The molecule has 0 radical (unpaired) electrons. The van der Waals surface area contributed by atoms with Crippen LogP contribution in [0.1, 0.15) is 6.42 Å². The Labute approximate surface area is 167 Å². The summed E-state index contributed by atoms with van der Waals surface area (Å²) in [6.07, 6.45) is 0.192. The zero-order valence-electron chi connectivity index (χ0n) is 15.9. The second-order valence-electron chi connectivity index (χ2n) is 7.29. The highest BCUT2D eigenvalue weighted by Gasteiger charge is 2.33. The first kappa shape index (κ1) is 19.2. The Kier molecular flexibility index (Phi) is 5.33. The van der Waals surface area contributed by atoms with Crippen molar-refractivity contribution >= 4 is 23.3 Å². The summed E-state index contributed by atoms with van der Waals surface area (Å²) in [6.45, 7) is 2.70. The van der Waals surface area contributed by atoms with E-state index < -0.39 is 5.82 Å². The van der Waals surface area contributed by atoms with Crippen molar-refractivity contribution in [1.82, 2.24) is 10.2 Å². The summed E-state index contributed by atoms with van der Waals surface area (Å²) in [7, 11) is 0. The fraction of sp³-hybridized carbons (Fsp3) is 0.333. The predicted octanol–water partition coefficient (Wildman–Crippen LogP) is 2.60. The van der Waals surface area contributed by atoms with Gasteiger partial charge in [0.05, 0.1) is 6.04 Å². The highest BCUT2D eigenvalue weighted by molar-refractivity contribution is 5.96. The smallest absolute Gasteiger partial charge is 0.317 e. The second kappa shape index (κ2) is 8.06. The monoisotopic (exact) mass is 400 g/mol.